The predicted octanol–water partition coefficient (Wildman–Crippen LogP) is 2.43. The molecule has 0 fully saturated rings. The van der Waals surface area contributed by atoms with Crippen molar-refractivity contribution in [2.75, 3.05) is 19.6 Å². The first-order valence-electron chi connectivity index (χ1n) is 10.2. The van der Waals surface area contributed by atoms with Crippen molar-refractivity contribution in [1.82, 2.24) is 25.7 Å². The van der Waals surface area contributed by atoms with E-state index in [9.17, 15) is 14.9 Å². The molecule has 1 aromatic rings. The summed E-state index contributed by atoms with van der Waals surface area (Å²) in [6, 6.07) is 0. The molecule has 1 rings (SSSR count). The zero-order valence-electron chi connectivity index (χ0n) is 18.8. The first kappa shape index (κ1) is 25.2. The molecule has 0 atom stereocenters. The fraction of sp³-hybridized carbons (Fsp3) is 0.737. The molecule has 0 aliphatic heterocycles. The molecule has 1 amide bonds. The molecule has 30 heavy (non-hydrogen) atoms. The number of amides is 1. The van der Waals surface area contributed by atoms with E-state index in [0.29, 0.717) is 45.0 Å². The summed E-state index contributed by atoms with van der Waals surface area (Å²) in [5.74, 6) is 0.594. The number of nitrogens with zero attached hydrogens (tertiary/aromatic N) is 4. The van der Waals surface area contributed by atoms with E-state index < -0.39 is 22.2 Å². The minimum atomic E-state index is -0.571. The molecule has 1 aromatic heterocycles. The van der Waals surface area contributed by atoms with Crippen molar-refractivity contribution in [3.8, 4) is 0 Å². The Kier molecular flexibility index (Phi) is 9.54. The number of alkyl carbamates (subject to hydrolysis) is 1. The third-order valence-electron chi connectivity index (χ3n) is 4.47. The molecule has 11 nitrogen and oxygen atoms in total. The van der Waals surface area contributed by atoms with Crippen molar-refractivity contribution in [2.24, 2.45) is 4.99 Å². The molecule has 3 N–H and O–H groups in total. The van der Waals surface area contributed by atoms with Gasteiger partial charge in [-0.05, 0) is 40.5 Å². The van der Waals surface area contributed by atoms with E-state index in [1.165, 1.54) is 17.1 Å². The summed E-state index contributed by atoms with van der Waals surface area (Å²) in [5.41, 5.74) is -1.13. The fourth-order valence-corrected chi connectivity index (χ4v) is 2.64. The van der Waals surface area contributed by atoms with Crippen molar-refractivity contribution < 1.29 is 14.5 Å². The second-order valence-corrected chi connectivity index (χ2v) is 7.95. The van der Waals surface area contributed by atoms with E-state index in [1.807, 2.05) is 41.5 Å². The van der Waals surface area contributed by atoms with E-state index in [0.717, 1.165) is 0 Å². The molecule has 0 spiro atoms. The van der Waals surface area contributed by atoms with E-state index in [2.05, 4.69) is 26.0 Å². The van der Waals surface area contributed by atoms with Gasteiger partial charge in [-0.3, -0.25) is 19.8 Å². The van der Waals surface area contributed by atoms with Gasteiger partial charge in [-0.2, -0.15) is 5.10 Å². The van der Waals surface area contributed by atoms with Gasteiger partial charge in [-0.25, -0.2) is 4.79 Å². The van der Waals surface area contributed by atoms with Crippen LogP contribution in [0.4, 0.5) is 10.5 Å². The zero-order valence-corrected chi connectivity index (χ0v) is 18.8. The van der Waals surface area contributed by atoms with Crippen LogP contribution < -0.4 is 16.0 Å². The van der Waals surface area contributed by atoms with Crippen LogP contribution in [-0.2, 0) is 11.3 Å². The van der Waals surface area contributed by atoms with Gasteiger partial charge >= 0.3 is 11.8 Å². The summed E-state index contributed by atoms with van der Waals surface area (Å²) in [7, 11) is 0. The number of rotatable bonds is 10. The van der Waals surface area contributed by atoms with Crippen LogP contribution in [0.3, 0.4) is 0 Å². The number of hydrogen-bond donors (Lipinski definition) is 3. The van der Waals surface area contributed by atoms with Crippen molar-refractivity contribution in [3.05, 3.63) is 22.5 Å². The molecular weight excluding hydrogens is 390 g/mol. The maximum atomic E-state index is 12.3. The number of guanidine groups is 1. The van der Waals surface area contributed by atoms with Crippen molar-refractivity contribution >= 4 is 17.7 Å². The highest BCUT2D eigenvalue weighted by Crippen LogP contribution is 2.17. The van der Waals surface area contributed by atoms with Gasteiger partial charge in [0.15, 0.2) is 5.96 Å². The van der Waals surface area contributed by atoms with Crippen LogP contribution in [0, 0.1) is 10.1 Å². The Morgan fingerprint density at radius 2 is 1.93 bits per heavy atom. The van der Waals surface area contributed by atoms with Gasteiger partial charge in [0.1, 0.15) is 18.0 Å². The van der Waals surface area contributed by atoms with Crippen LogP contribution in [0.5, 0.6) is 0 Å². The van der Waals surface area contributed by atoms with E-state index in [-0.39, 0.29) is 5.69 Å². The number of nitrogens with one attached hydrogen (secondary N) is 3. The number of ether oxygens (including phenoxy) is 1. The SMILES string of the molecule is CCNC(=NCC(CC)(CC)NC(=O)OC(C)(C)C)NCCn1cc([N+](=O)[O-])cn1. The quantitative estimate of drug-likeness (QED) is 0.227. The molecule has 0 aliphatic carbocycles. The minimum absolute atomic E-state index is 0.0422. The standard InChI is InChI=1S/C19H35N7O4/c1-7-19(8-2,24-17(27)30-18(4,5)6)14-22-16(20-9-3)21-10-11-25-13-15(12-23-25)26(28)29/h12-13H,7-11,14H2,1-6H3,(H,24,27)(H2,20,21,22). The third kappa shape index (κ3) is 8.66. The summed E-state index contributed by atoms with van der Waals surface area (Å²) in [4.78, 5) is 27.2. The Bertz CT molecular complexity index is 721. The van der Waals surface area contributed by atoms with Crippen LogP contribution in [0.25, 0.3) is 0 Å². The highest BCUT2D eigenvalue weighted by molar-refractivity contribution is 5.79. The smallest absolute Gasteiger partial charge is 0.408 e. The molecule has 170 valence electrons. The summed E-state index contributed by atoms with van der Waals surface area (Å²) < 4.78 is 6.90. The lowest BCUT2D eigenvalue weighted by Crippen LogP contribution is -2.52. The average Bonchev–Trinajstić information content (AvgIpc) is 3.12. The number of aromatic nitrogens is 2. The molecule has 1 heterocycles. The van der Waals surface area contributed by atoms with E-state index in [4.69, 9.17) is 4.74 Å². The van der Waals surface area contributed by atoms with Crippen LogP contribution in [0.15, 0.2) is 17.4 Å². The van der Waals surface area contributed by atoms with Crippen LogP contribution in [0.1, 0.15) is 54.4 Å². The van der Waals surface area contributed by atoms with E-state index in [1.54, 1.807) is 0 Å². The van der Waals surface area contributed by atoms with E-state index >= 15 is 0 Å². The highest BCUT2D eigenvalue weighted by atomic mass is 16.6. The number of carbonyl (C=O) groups is 1. The van der Waals surface area contributed by atoms with Gasteiger partial charge in [-0.15, -0.1) is 0 Å². The largest absolute Gasteiger partial charge is 0.444 e. The topological polar surface area (TPSA) is 136 Å². The summed E-state index contributed by atoms with van der Waals surface area (Å²) in [5, 5.41) is 24.0. The first-order chi connectivity index (χ1) is 14.0. The maximum absolute atomic E-state index is 12.3. The van der Waals surface area contributed by atoms with Gasteiger partial charge in [0.2, 0.25) is 0 Å². The average molecular weight is 426 g/mol. The number of hydrogen-bond acceptors (Lipinski definition) is 6. The van der Waals surface area contributed by atoms with Crippen molar-refractivity contribution in [1.29, 1.82) is 0 Å². The lowest BCUT2D eigenvalue weighted by molar-refractivity contribution is -0.385. The highest BCUT2D eigenvalue weighted by Gasteiger charge is 2.30. The van der Waals surface area contributed by atoms with Gasteiger partial charge < -0.3 is 20.7 Å². The molecule has 11 heteroatoms. The number of aliphatic imine (C=N–C) groups is 1. The summed E-state index contributed by atoms with van der Waals surface area (Å²) in [6.07, 6.45) is 3.54. The van der Waals surface area contributed by atoms with Gasteiger partial charge in [0.05, 0.1) is 23.6 Å². The zero-order chi connectivity index (χ0) is 22.8. The van der Waals surface area contributed by atoms with Crippen LogP contribution in [-0.4, -0.2) is 57.5 Å². The maximum Gasteiger partial charge on any atom is 0.408 e. The number of carbonyl (C=O) groups excluding carboxylic acids is 1. The van der Waals surface area contributed by atoms with Crippen molar-refractivity contribution in [2.45, 2.75) is 72.1 Å². The normalized spacial score (nSPS) is 12.4. The van der Waals surface area contributed by atoms with Crippen molar-refractivity contribution in [3.63, 3.8) is 0 Å². The monoisotopic (exact) mass is 425 g/mol. The summed E-state index contributed by atoms with van der Waals surface area (Å²) in [6.45, 7) is 13.4. The molecule has 0 aromatic carbocycles. The Balaban J connectivity index is 2.73. The van der Waals surface area contributed by atoms with Gasteiger partial charge in [0.25, 0.3) is 0 Å². The second kappa shape index (κ2) is 11.4. The molecular formula is C19H35N7O4. The Hall–Kier alpha value is -2.85. The molecule has 0 bridgehead atoms. The van der Waals surface area contributed by atoms with Gasteiger partial charge in [0, 0.05) is 13.1 Å². The lowest BCUT2D eigenvalue weighted by Gasteiger charge is -2.32. The second-order valence-electron chi connectivity index (χ2n) is 7.95. The first-order valence-corrected chi connectivity index (χ1v) is 10.2. The Morgan fingerprint density at radius 1 is 1.27 bits per heavy atom. The van der Waals surface area contributed by atoms with Gasteiger partial charge in [-0.1, -0.05) is 13.8 Å². The third-order valence-corrected chi connectivity index (χ3v) is 4.47. The Labute approximate surface area is 177 Å². The molecule has 0 radical (unpaired) electrons. The van der Waals surface area contributed by atoms with Crippen LogP contribution >= 0.6 is 0 Å². The predicted molar refractivity (Wildman–Crippen MR) is 116 cm³/mol. The lowest BCUT2D eigenvalue weighted by atomic mass is 9.93. The molecule has 0 aliphatic rings. The molecule has 0 unspecified atom stereocenters. The van der Waals surface area contributed by atoms with Crippen LogP contribution in [0.2, 0.25) is 0 Å². The molecule has 0 saturated heterocycles. The molecule has 0 saturated carbocycles. The Morgan fingerprint density at radius 3 is 2.43 bits per heavy atom. The minimum Gasteiger partial charge on any atom is -0.444 e. The summed E-state index contributed by atoms with van der Waals surface area (Å²) >= 11 is 0. The number of nitro groups is 1. The fourth-order valence-electron chi connectivity index (χ4n) is 2.64.